The van der Waals surface area contributed by atoms with E-state index in [-0.39, 0.29) is 19.3 Å². The summed E-state index contributed by atoms with van der Waals surface area (Å²) in [6, 6.07) is 0. The number of carboxylic acids is 3. The van der Waals surface area contributed by atoms with Crippen molar-refractivity contribution < 1.29 is 54.2 Å². The van der Waals surface area contributed by atoms with Gasteiger partial charge in [-0.1, -0.05) is 59.3 Å². The number of unbranched alkanes of at least 4 members (excludes halogenated alkanes) is 6. The summed E-state index contributed by atoms with van der Waals surface area (Å²) in [6.45, 7) is 6.11. The number of carbonyl (C=O) groups excluding carboxylic acids is 3. The molecule has 0 radical (unpaired) electrons. The van der Waals surface area contributed by atoms with E-state index in [1.165, 1.54) is 0 Å². The Labute approximate surface area is 170 Å². The van der Waals surface area contributed by atoms with E-state index in [1.807, 2.05) is 20.8 Å². The molecule has 0 aliphatic carbocycles. The molecule has 0 saturated heterocycles. The Kier molecular flexibility index (Phi) is 40.1. The molecule has 0 aliphatic heterocycles. The van der Waals surface area contributed by atoms with Crippen molar-refractivity contribution in [3.8, 4) is 0 Å². The van der Waals surface area contributed by atoms with E-state index in [4.69, 9.17) is 3.69 Å². The third-order valence-electron chi connectivity index (χ3n) is 2.95. The van der Waals surface area contributed by atoms with Crippen molar-refractivity contribution in [2.45, 2.75) is 97.8 Å². The van der Waals surface area contributed by atoms with Gasteiger partial charge in [-0.05, 0) is 38.5 Å². The van der Waals surface area contributed by atoms with Gasteiger partial charge in [0, 0.05) is 17.9 Å². The molecule has 0 spiro atoms. The topological polar surface area (TPSA) is 141 Å². The molecule has 7 nitrogen and oxygen atoms in total. The third-order valence-corrected chi connectivity index (χ3v) is 2.95. The minimum absolute atomic E-state index is 0.216. The van der Waals surface area contributed by atoms with Crippen LogP contribution in [0.1, 0.15) is 97.8 Å². The molecule has 0 aliphatic rings. The molecule has 1 N–H and O–H groups in total. The predicted octanol–water partition coefficient (Wildman–Crippen LogP) is 0.390. The van der Waals surface area contributed by atoms with Crippen molar-refractivity contribution in [3.05, 3.63) is 0 Å². The summed E-state index contributed by atoms with van der Waals surface area (Å²) in [5.74, 6) is -2.80. The molecule has 0 rings (SSSR count). The van der Waals surface area contributed by atoms with Gasteiger partial charge >= 0.3 is 24.5 Å². The second kappa shape index (κ2) is 31.8. The summed E-state index contributed by atoms with van der Waals surface area (Å²) < 4.78 is 7.00. The quantitative estimate of drug-likeness (QED) is 0.362. The number of carbonyl (C=O) groups is 3. The van der Waals surface area contributed by atoms with Gasteiger partial charge in [-0.15, -0.1) is 0 Å². The van der Waals surface area contributed by atoms with Crippen LogP contribution in [0, 0.1) is 0 Å². The second-order valence-electron chi connectivity index (χ2n) is 5.49. The SMILES string of the molecule is CCCCCC(=O)[O-].CCCCCC(=O)[O-].CCCCCC(=O)[O-].[OH][Ti+3]. The zero-order chi connectivity index (χ0) is 21.2. The van der Waals surface area contributed by atoms with Gasteiger partial charge in [-0.25, -0.2) is 0 Å². The summed E-state index contributed by atoms with van der Waals surface area (Å²) in [7, 11) is 0. The Morgan fingerprint density at radius 3 is 0.885 bits per heavy atom. The van der Waals surface area contributed by atoms with Crippen LogP contribution in [0.2, 0.25) is 0 Å². The molecule has 0 aromatic carbocycles. The third kappa shape index (κ3) is 56.8. The molecule has 0 saturated carbocycles. The van der Waals surface area contributed by atoms with Crippen molar-refractivity contribution in [1.82, 2.24) is 0 Å². The van der Waals surface area contributed by atoms with Crippen LogP contribution in [0.15, 0.2) is 0 Å². The fourth-order valence-corrected chi connectivity index (χ4v) is 1.56. The van der Waals surface area contributed by atoms with Crippen LogP contribution in [0.3, 0.4) is 0 Å². The number of rotatable bonds is 12. The first-order chi connectivity index (χ1) is 12.3. The number of aliphatic carboxylic acids is 3. The van der Waals surface area contributed by atoms with Crippen molar-refractivity contribution in [3.63, 3.8) is 0 Å². The van der Waals surface area contributed by atoms with Crippen LogP contribution in [0.5, 0.6) is 0 Å². The first kappa shape index (κ1) is 32.7. The molecule has 0 unspecified atom stereocenters. The van der Waals surface area contributed by atoms with Gasteiger partial charge in [0.15, 0.2) is 0 Å². The standard InChI is InChI=1S/3C6H12O2.H2O.Ti/c3*1-2-3-4-5-6(7)8;;/h3*2-5H2,1H3,(H,7,8);1H2;/q;;;;+4/p-4. The fourth-order valence-electron chi connectivity index (χ4n) is 1.56. The molecule has 26 heavy (non-hydrogen) atoms. The summed E-state index contributed by atoms with van der Waals surface area (Å²) in [6.07, 6.45) is 9.11. The molecule has 0 bridgehead atoms. The zero-order valence-corrected chi connectivity index (χ0v) is 17.9. The number of hydrogen-bond donors (Lipinski definition) is 1. The van der Waals surface area contributed by atoms with E-state index in [0.29, 0.717) is 0 Å². The Balaban J connectivity index is -0.000000133. The maximum absolute atomic E-state index is 9.76. The molecule has 0 amide bonds. The normalized spacial score (nSPS) is 8.69. The maximum atomic E-state index is 9.76. The molecule has 0 aromatic heterocycles. The van der Waals surface area contributed by atoms with Crippen molar-refractivity contribution in [2.75, 3.05) is 0 Å². The van der Waals surface area contributed by atoms with Crippen LogP contribution < -0.4 is 15.3 Å². The van der Waals surface area contributed by atoms with Gasteiger partial charge in [0.25, 0.3) is 0 Å². The van der Waals surface area contributed by atoms with E-state index in [9.17, 15) is 29.7 Å². The Hall–Kier alpha value is -0.916. The monoisotopic (exact) mass is 410 g/mol. The van der Waals surface area contributed by atoms with Gasteiger partial charge < -0.3 is 29.7 Å². The van der Waals surface area contributed by atoms with Crippen molar-refractivity contribution >= 4 is 17.9 Å². The summed E-state index contributed by atoms with van der Waals surface area (Å²) in [5.41, 5.74) is 0. The zero-order valence-electron chi connectivity index (χ0n) is 16.4. The number of carboxylic acid groups (broad SMARTS) is 3. The molecular formula is C18H34O7Ti. The molecule has 8 heteroatoms. The minimum atomic E-state index is -0.932. The molecule has 0 aromatic rings. The van der Waals surface area contributed by atoms with Crippen molar-refractivity contribution in [2.24, 2.45) is 0 Å². The van der Waals surface area contributed by atoms with Crippen LogP contribution in [-0.2, 0) is 35.2 Å². The average molecular weight is 410 g/mol. The van der Waals surface area contributed by atoms with Crippen LogP contribution in [0.4, 0.5) is 0 Å². The van der Waals surface area contributed by atoms with E-state index in [2.05, 4.69) is 0 Å². The first-order valence-corrected chi connectivity index (χ1v) is 9.83. The average Bonchev–Trinajstić information content (AvgIpc) is 2.58. The van der Waals surface area contributed by atoms with Gasteiger partial charge in [0.2, 0.25) is 0 Å². The van der Waals surface area contributed by atoms with Gasteiger partial charge in [-0.2, -0.15) is 0 Å². The molecule has 0 fully saturated rings. The van der Waals surface area contributed by atoms with Crippen LogP contribution in [0.25, 0.3) is 0 Å². The number of hydrogen-bond acceptors (Lipinski definition) is 7. The second-order valence-corrected chi connectivity index (χ2v) is 5.49. The summed E-state index contributed by atoms with van der Waals surface area (Å²) in [5, 5.41) is 29.3. The van der Waals surface area contributed by atoms with Crippen LogP contribution >= 0.6 is 0 Å². The Bertz CT molecular complexity index is 262. The van der Waals surface area contributed by atoms with E-state index in [1.54, 1.807) is 0 Å². The van der Waals surface area contributed by atoms with E-state index >= 15 is 0 Å². The van der Waals surface area contributed by atoms with Crippen LogP contribution in [-0.4, -0.2) is 21.6 Å². The summed E-state index contributed by atoms with van der Waals surface area (Å²) >= 11 is 1.00. The molecule has 0 atom stereocenters. The molecule has 152 valence electrons. The Morgan fingerprint density at radius 2 is 0.769 bits per heavy atom. The van der Waals surface area contributed by atoms with Crippen molar-refractivity contribution in [1.29, 1.82) is 0 Å². The van der Waals surface area contributed by atoms with Gasteiger partial charge in [0.05, 0.1) is 0 Å². The van der Waals surface area contributed by atoms with E-state index < -0.39 is 17.9 Å². The van der Waals surface area contributed by atoms with Gasteiger partial charge in [-0.3, -0.25) is 0 Å². The summed E-state index contributed by atoms with van der Waals surface area (Å²) in [4.78, 5) is 29.3. The predicted molar refractivity (Wildman–Crippen MR) is 89.7 cm³/mol. The van der Waals surface area contributed by atoms with E-state index in [0.717, 1.165) is 78.6 Å². The molecular weight excluding hydrogens is 376 g/mol. The van der Waals surface area contributed by atoms with Gasteiger partial charge in [0.1, 0.15) is 0 Å². The molecule has 0 heterocycles. The fraction of sp³-hybridized carbons (Fsp3) is 0.833. The Morgan fingerprint density at radius 1 is 0.577 bits per heavy atom. The first-order valence-electron chi connectivity index (χ1n) is 9.13.